The molecule has 2 aliphatic rings. The second kappa shape index (κ2) is 11.2. The van der Waals surface area contributed by atoms with Crippen LogP contribution in [0.3, 0.4) is 0 Å². The Morgan fingerprint density at radius 1 is 1.03 bits per heavy atom. The van der Waals surface area contributed by atoms with Gasteiger partial charge in [0.05, 0.1) is 11.4 Å². The molecule has 1 saturated heterocycles. The number of hydrogen-bond donors (Lipinski definition) is 2. The highest BCUT2D eigenvalue weighted by Gasteiger charge is 2.26. The maximum atomic E-state index is 12.5. The van der Waals surface area contributed by atoms with E-state index in [1.165, 1.54) is 24.8 Å². The van der Waals surface area contributed by atoms with Gasteiger partial charge < -0.3 is 10.6 Å². The van der Waals surface area contributed by atoms with Crippen molar-refractivity contribution < 1.29 is 18.0 Å². The van der Waals surface area contributed by atoms with E-state index in [4.69, 9.17) is 0 Å². The predicted molar refractivity (Wildman–Crippen MR) is 123 cm³/mol. The van der Waals surface area contributed by atoms with E-state index in [1.54, 1.807) is 24.3 Å². The van der Waals surface area contributed by atoms with Crippen LogP contribution in [-0.4, -0.2) is 69.2 Å². The number of nitrogens with zero attached hydrogens (tertiary/aromatic N) is 2. The number of rotatable bonds is 8. The fraction of sp³-hybridized carbons (Fsp3) is 0.652. The van der Waals surface area contributed by atoms with Gasteiger partial charge in [0, 0.05) is 45.7 Å². The first-order chi connectivity index (χ1) is 15.3. The van der Waals surface area contributed by atoms with Gasteiger partial charge in [-0.25, -0.2) is 12.7 Å². The molecule has 1 heterocycles. The van der Waals surface area contributed by atoms with E-state index >= 15 is 0 Å². The van der Waals surface area contributed by atoms with Crippen molar-refractivity contribution in [1.82, 2.24) is 19.8 Å². The van der Waals surface area contributed by atoms with Crippen LogP contribution in [-0.2, 0) is 26.2 Å². The van der Waals surface area contributed by atoms with Gasteiger partial charge in [-0.1, -0.05) is 37.5 Å². The Kier molecular flexibility index (Phi) is 8.67. The molecule has 178 valence electrons. The second-order valence-corrected chi connectivity index (χ2v) is 11.2. The van der Waals surface area contributed by atoms with E-state index in [-0.39, 0.29) is 41.8 Å². The Hall–Kier alpha value is -1.97. The van der Waals surface area contributed by atoms with Crippen LogP contribution < -0.4 is 10.6 Å². The van der Waals surface area contributed by atoms with Gasteiger partial charge in [-0.3, -0.25) is 14.5 Å². The molecule has 2 fully saturated rings. The Morgan fingerprint density at radius 3 is 2.34 bits per heavy atom. The van der Waals surface area contributed by atoms with Gasteiger partial charge >= 0.3 is 0 Å². The number of amides is 2. The van der Waals surface area contributed by atoms with Gasteiger partial charge in [0.1, 0.15) is 0 Å². The molecule has 2 N–H and O–H groups in total. The summed E-state index contributed by atoms with van der Waals surface area (Å²) >= 11 is 0. The molecule has 1 aliphatic carbocycles. The number of carbonyl (C=O) groups is 2. The Labute approximate surface area is 191 Å². The summed E-state index contributed by atoms with van der Waals surface area (Å²) in [6.07, 6.45) is 7.23. The smallest absolute Gasteiger partial charge is 0.242 e. The topological polar surface area (TPSA) is 98.8 Å². The summed E-state index contributed by atoms with van der Waals surface area (Å²) in [5.74, 6) is 0.241. The highest BCUT2D eigenvalue weighted by atomic mass is 32.2. The SMILES string of the molecule is CN(C)S(=O)(=O)c1ccccc1CNC(=O)CN1CCC(NC(=O)C2CCCCC2)CC1. The number of carbonyl (C=O) groups excluding carboxylic acids is 2. The Balaban J connectivity index is 1.43. The van der Waals surface area contributed by atoms with Crippen LogP contribution in [0.25, 0.3) is 0 Å². The molecule has 2 amide bonds. The first kappa shape index (κ1) is 24.7. The Bertz CT molecular complexity index is 889. The van der Waals surface area contributed by atoms with Gasteiger partial charge in [0.2, 0.25) is 21.8 Å². The molecule has 1 aromatic carbocycles. The molecule has 0 bridgehead atoms. The van der Waals surface area contributed by atoms with Gasteiger partial charge in [-0.2, -0.15) is 0 Å². The molecule has 9 heteroatoms. The van der Waals surface area contributed by atoms with Gasteiger partial charge in [0.15, 0.2) is 0 Å². The minimum absolute atomic E-state index is 0.133. The van der Waals surface area contributed by atoms with E-state index in [2.05, 4.69) is 15.5 Å². The monoisotopic (exact) mass is 464 g/mol. The normalized spacial score (nSPS) is 19.1. The molecule has 1 aromatic rings. The van der Waals surface area contributed by atoms with Crippen molar-refractivity contribution in [2.24, 2.45) is 5.92 Å². The number of sulfonamides is 1. The molecular formula is C23H36N4O4S. The number of hydrogen-bond acceptors (Lipinski definition) is 5. The fourth-order valence-corrected chi connectivity index (χ4v) is 5.59. The maximum Gasteiger partial charge on any atom is 0.242 e. The van der Waals surface area contributed by atoms with Crippen LogP contribution in [0.1, 0.15) is 50.5 Å². The van der Waals surface area contributed by atoms with E-state index in [1.807, 2.05) is 0 Å². The van der Waals surface area contributed by atoms with E-state index in [9.17, 15) is 18.0 Å². The van der Waals surface area contributed by atoms with E-state index in [0.29, 0.717) is 5.56 Å². The minimum atomic E-state index is -3.57. The molecular weight excluding hydrogens is 428 g/mol. The summed E-state index contributed by atoms with van der Waals surface area (Å²) in [6.45, 7) is 1.95. The number of benzene rings is 1. The second-order valence-electron chi connectivity index (χ2n) is 9.07. The molecule has 0 spiro atoms. The minimum Gasteiger partial charge on any atom is -0.353 e. The van der Waals surface area contributed by atoms with Crippen molar-refractivity contribution in [2.45, 2.75) is 62.4 Å². The average molecular weight is 465 g/mol. The highest BCUT2D eigenvalue weighted by Crippen LogP contribution is 2.24. The van der Waals surface area contributed by atoms with Crippen molar-refractivity contribution in [3.05, 3.63) is 29.8 Å². The van der Waals surface area contributed by atoms with E-state index in [0.717, 1.165) is 51.6 Å². The zero-order chi connectivity index (χ0) is 23.1. The molecule has 0 unspecified atom stereocenters. The zero-order valence-electron chi connectivity index (χ0n) is 19.2. The third-order valence-corrected chi connectivity index (χ3v) is 8.40. The summed E-state index contributed by atoms with van der Waals surface area (Å²) in [7, 11) is -0.586. The van der Waals surface area contributed by atoms with Crippen molar-refractivity contribution in [2.75, 3.05) is 33.7 Å². The predicted octanol–water partition coefficient (Wildman–Crippen LogP) is 1.71. The molecule has 0 radical (unpaired) electrons. The van der Waals surface area contributed by atoms with Crippen LogP contribution >= 0.6 is 0 Å². The summed E-state index contributed by atoms with van der Waals surface area (Å²) < 4.78 is 26.2. The third-order valence-electron chi connectivity index (χ3n) is 6.48. The first-order valence-corrected chi connectivity index (χ1v) is 13.0. The van der Waals surface area contributed by atoms with Gasteiger partial charge in [0.25, 0.3) is 0 Å². The van der Waals surface area contributed by atoms with Crippen LogP contribution in [0.2, 0.25) is 0 Å². The van der Waals surface area contributed by atoms with Gasteiger partial charge in [-0.15, -0.1) is 0 Å². The zero-order valence-corrected chi connectivity index (χ0v) is 20.0. The first-order valence-electron chi connectivity index (χ1n) is 11.6. The summed E-state index contributed by atoms with van der Waals surface area (Å²) in [6, 6.07) is 6.91. The van der Waals surface area contributed by atoms with Crippen LogP contribution in [0.4, 0.5) is 0 Å². The van der Waals surface area contributed by atoms with Crippen LogP contribution in [0.5, 0.6) is 0 Å². The Morgan fingerprint density at radius 2 is 1.69 bits per heavy atom. The van der Waals surface area contributed by atoms with Crippen LogP contribution in [0.15, 0.2) is 29.2 Å². The van der Waals surface area contributed by atoms with Crippen LogP contribution in [0, 0.1) is 5.92 Å². The lowest BCUT2D eigenvalue weighted by Crippen LogP contribution is -2.48. The summed E-state index contributed by atoms with van der Waals surface area (Å²) in [5.41, 5.74) is 0.568. The number of piperidine rings is 1. The molecule has 0 aromatic heterocycles. The number of nitrogens with one attached hydrogen (secondary N) is 2. The largest absolute Gasteiger partial charge is 0.353 e. The molecule has 3 rings (SSSR count). The van der Waals surface area contributed by atoms with Crippen molar-refractivity contribution in [3.8, 4) is 0 Å². The molecule has 8 nitrogen and oxygen atoms in total. The number of likely N-dealkylation sites (tertiary alicyclic amines) is 1. The van der Waals surface area contributed by atoms with E-state index < -0.39 is 10.0 Å². The van der Waals surface area contributed by atoms with Crippen molar-refractivity contribution in [1.29, 1.82) is 0 Å². The standard InChI is InChI=1S/C23H36N4O4S/c1-26(2)32(30,31)21-11-7-6-10-19(21)16-24-22(28)17-27-14-12-20(13-15-27)25-23(29)18-8-4-3-5-9-18/h6-7,10-11,18,20H,3-5,8-9,12-17H2,1-2H3,(H,24,28)(H,25,29). The third kappa shape index (κ3) is 6.52. The molecule has 1 aliphatic heterocycles. The highest BCUT2D eigenvalue weighted by molar-refractivity contribution is 7.89. The quantitative estimate of drug-likeness (QED) is 0.610. The fourth-order valence-electron chi connectivity index (χ4n) is 4.47. The average Bonchev–Trinajstić information content (AvgIpc) is 2.79. The summed E-state index contributed by atoms with van der Waals surface area (Å²) in [4.78, 5) is 27.2. The van der Waals surface area contributed by atoms with Gasteiger partial charge in [-0.05, 0) is 37.3 Å². The lowest BCUT2D eigenvalue weighted by atomic mass is 9.88. The van der Waals surface area contributed by atoms with Crippen molar-refractivity contribution >= 4 is 21.8 Å². The van der Waals surface area contributed by atoms with Crippen molar-refractivity contribution in [3.63, 3.8) is 0 Å². The lowest BCUT2D eigenvalue weighted by molar-refractivity contribution is -0.127. The summed E-state index contributed by atoms with van der Waals surface area (Å²) in [5, 5.41) is 6.06. The molecule has 32 heavy (non-hydrogen) atoms. The molecule has 0 atom stereocenters. The lowest BCUT2D eigenvalue weighted by Gasteiger charge is -2.33. The maximum absolute atomic E-state index is 12.5. The molecule has 1 saturated carbocycles.